The smallest absolute Gasteiger partial charge is 0.251 e. The average molecular weight is 143 g/mol. The first-order chi connectivity index (χ1) is 4.66. The molecule has 0 aromatic heterocycles. The Hall–Kier alpha value is -0.990. The maximum Gasteiger partial charge on any atom is 0.281 e. The summed E-state index contributed by atoms with van der Waals surface area (Å²) in [5.74, 6) is 0. The van der Waals surface area contributed by atoms with Crippen molar-refractivity contribution >= 4 is 5.71 Å². The van der Waals surface area contributed by atoms with E-state index in [1.54, 1.807) is 6.92 Å². The first kappa shape index (κ1) is 7.12. The minimum absolute atomic E-state index is 0.132. The molecule has 1 aliphatic heterocycles. The molecule has 1 nitrogen and oxygen atoms in total. The van der Waals surface area contributed by atoms with E-state index in [2.05, 4.69) is 11.6 Å². The van der Waals surface area contributed by atoms with E-state index < -0.39 is 6.43 Å². The van der Waals surface area contributed by atoms with Crippen molar-refractivity contribution in [2.75, 3.05) is 0 Å². The van der Waals surface area contributed by atoms with Gasteiger partial charge in [-0.25, -0.2) is 8.78 Å². The molecule has 0 saturated heterocycles. The van der Waals surface area contributed by atoms with Crippen molar-refractivity contribution in [2.45, 2.75) is 13.3 Å². The number of hydrogen-bond acceptors (Lipinski definition) is 1. The fraction of sp³-hybridized carbons (Fsp3) is 0.286. The van der Waals surface area contributed by atoms with Gasteiger partial charge in [0.25, 0.3) is 6.43 Å². The van der Waals surface area contributed by atoms with E-state index >= 15 is 0 Å². The fourth-order valence-electron chi connectivity index (χ4n) is 0.852. The molecule has 1 aliphatic rings. The van der Waals surface area contributed by atoms with Crippen molar-refractivity contribution in [3.8, 4) is 0 Å². The molecule has 0 aromatic carbocycles. The monoisotopic (exact) mass is 143 g/mol. The molecule has 1 rings (SSSR count). The molecule has 0 N–H and O–H groups in total. The van der Waals surface area contributed by atoms with E-state index in [0.29, 0.717) is 11.3 Å². The molecule has 0 fully saturated rings. The number of nitrogens with zero attached hydrogens (tertiary/aromatic N) is 1. The van der Waals surface area contributed by atoms with Gasteiger partial charge in [-0.2, -0.15) is 0 Å². The lowest BCUT2D eigenvalue weighted by molar-refractivity contribution is 0.225. The topological polar surface area (TPSA) is 12.4 Å². The largest absolute Gasteiger partial charge is 0.281 e. The highest BCUT2D eigenvalue weighted by Crippen LogP contribution is 2.23. The summed E-state index contributed by atoms with van der Waals surface area (Å²) in [5.41, 5.74) is 1.01. The molecule has 0 aromatic rings. The molecule has 0 atom stereocenters. The van der Waals surface area contributed by atoms with Crippen LogP contribution in [0.25, 0.3) is 0 Å². The van der Waals surface area contributed by atoms with E-state index in [9.17, 15) is 8.78 Å². The van der Waals surface area contributed by atoms with Gasteiger partial charge in [-0.15, -0.1) is 0 Å². The predicted octanol–water partition coefficient (Wildman–Crippen LogP) is 2.17. The van der Waals surface area contributed by atoms with Crippen LogP contribution in [-0.4, -0.2) is 12.1 Å². The molecular weight excluding hydrogens is 136 g/mol. The molecule has 3 heteroatoms. The Kier molecular flexibility index (Phi) is 1.66. The van der Waals surface area contributed by atoms with Gasteiger partial charge in [0.2, 0.25) is 0 Å². The summed E-state index contributed by atoms with van der Waals surface area (Å²) in [6.45, 7) is 5.08. The van der Waals surface area contributed by atoms with Gasteiger partial charge >= 0.3 is 0 Å². The number of aliphatic imine (C=N–C) groups is 1. The van der Waals surface area contributed by atoms with Crippen LogP contribution in [0, 0.1) is 0 Å². The molecule has 0 bridgehead atoms. The Morgan fingerprint density at radius 3 is 2.40 bits per heavy atom. The molecule has 54 valence electrons. The summed E-state index contributed by atoms with van der Waals surface area (Å²) in [4.78, 5) is 3.55. The minimum Gasteiger partial charge on any atom is -0.251 e. The molecule has 10 heavy (non-hydrogen) atoms. The lowest BCUT2D eigenvalue weighted by atomic mass is 10.0. The second-order valence-electron chi connectivity index (χ2n) is 2.00. The van der Waals surface area contributed by atoms with Gasteiger partial charge in [-0.05, 0) is 6.92 Å². The fourth-order valence-corrected chi connectivity index (χ4v) is 0.852. The number of halogens is 2. The van der Waals surface area contributed by atoms with Gasteiger partial charge in [-0.3, -0.25) is 4.99 Å². The molecule has 0 saturated carbocycles. The van der Waals surface area contributed by atoms with E-state index in [0.717, 1.165) is 0 Å². The highest BCUT2D eigenvalue weighted by Gasteiger charge is 2.24. The summed E-state index contributed by atoms with van der Waals surface area (Å²) in [7, 11) is 0. The number of hydrogen-bond donors (Lipinski definition) is 0. The van der Waals surface area contributed by atoms with Crippen molar-refractivity contribution in [3.05, 3.63) is 23.9 Å². The standard InChI is InChI=1S/C7H7F2N/c1-3-5-4(2)10-6(5)7(8)9/h3,7H,1H2,2H3. The van der Waals surface area contributed by atoms with Crippen LogP contribution in [0.2, 0.25) is 0 Å². The Morgan fingerprint density at radius 1 is 1.60 bits per heavy atom. The molecule has 0 unspecified atom stereocenters. The van der Waals surface area contributed by atoms with Gasteiger partial charge in [0, 0.05) is 11.3 Å². The summed E-state index contributed by atoms with van der Waals surface area (Å²) < 4.78 is 23.8. The number of alkyl halides is 2. The van der Waals surface area contributed by atoms with Crippen LogP contribution in [0.5, 0.6) is 0 Å². The van der Waals surface area contributed by atoms with Crippen LogP contribution >= 0.6 is 0 Å². The van der Waals surface area contributed by atoms with E-state index in [1.165, 1.54) is 6.08 Å². The van der Waals surface area contributed by atoms with Gasteiger partial charge in [0.15, 0.2) is 0 Å². The number of rotatable bonds is 2. The third-order valence-electron chi connectivity index (χ3n) is 1.36. The first-order valence-corrected chi connectivity index (χ1v) is 2.87. The lowest BCUT2D eigenvalue weighted by Crippen LogP contribution is -2.20. The van der Waals surface area contributed by atoms with Crippen LogP contribution in [0.4, 0.5) is 8.78 Å². The molecule has 0 aliphatic carbocycles. The van der Waals surface area contributed by atoms with Crippen molar-refractivity contribution in [2.24, 2.45) is 4.99 Å². The maximum atomic E-state index is 11.9. The zero-order chi connectivity index (χ0) is 7.72. The molecule has 1 heterocycles. The van der Waals surface area contributed by atoms with Crippen LogP contribution in [0.1, 0.15) is 6.92 Å². The summed E-state index contributed by atoms with van der Waals surface area (Å²) in [5, 5.41) is 0. The Morgan fingerprint density at radius 2 is 2.20 bits per heavy atom. The Bertz CT molecular complexity index is 226. The van der Waals surface area contributed by atoms with Crippen LogP contribution < -0.4 is 0 Å². The van der Waals surface area contributed by atoms with Gasteiger partial charge < -0.3 is 0 Å². The first-order valence-electron chi connectivity index (χ1n) is 2.87. The molecule has 0 amide bonds. The average Bonchev–Trinajstić information content (AvgIpc) is 1.83. The highest BCUT2D eigenvalue weighted by atomic mass is 19.3. The third kappa shape index (κ3) is 0.875. The third-order valence-corrected chi connectivity index (χ3v) is 1.36. The number of allylic oxidation sites excluding steroid dienone is 3. The Labute approximate surface area is 57.8 Å². The van der Waals surface area contributed by atoms with Crippen molar-refractivity contribution < 1.29 is 8.78 Å². The van der Waals surface area contributed by atoms with E-state index in [1.807, 2.05) is 0 Å². The highest BCUT2D eigenvalue weighted by molar-refractivity contribution is 6.10. The predicted molar refractivity (Wildman–Crippen MR) is 36.3 cm³/mol. The van der Waals surface area contributed by atoms with Crippen molar-refractivity contribution in [1.82, 2.24) is 0 Å². The zero-order valence-electron chi connectivity index (χ0n) is 5.56. The van der Waals surface area contributed by atoms with Crippen LogP contribution in [0.3, 0.4) is 0 Å². The quantitative estimate of drug-likeness (QED) is 0.561. The van der Waals surface area contributed by atoms with Crippen LogP contribution in [-0.2, 0) is 0 Å². The normalized spacial score (nSPS) is 17.0. The van der Waals surface area contributed by atoms with Gasteiger partial charge in [0.1, 0.15) is 5.71 Å². The van der Waals surface area contributed by atoms with Crippen LogP contribution in [0.15, 0.2) is 28.9 Å². The zero-order valence-corrected chi connectivity index (χ0v) is 5.56. The molecular formula is C7H7F2N. The summed E-state index contributed by atoms with van der Waals surface area (Å²) >= 11 is 0. The second kappa shape index (κ2) is 2.33. The van der Waals surface area contributed by atoms with Crippen molar-refractivity contribution in [1.29, 1.82) is 0 Å². The van der Waals surface area contributed by atoms with Gasteiger partial charge in [0.05, 0.1) is 0 Å². The van der Waals surface area contributed by atoms with E-state index in [4.69, 9.17) is 0 Å². The Balaban J connectivity index is 2.73. The molecule has 0 spiro atoms. The molecule has 0 radical (unpaired) electrons. The minimum atomic E-state index is -2.46. The maximum absolute atomic E-state index is 11.9. The van der Waals surface area contributed by atoms with Crippen molar-refractivity contribution in [3.63, 3.8) is 0 Å². The SMILES string of the molecule is C=CC1=C(C)N=C1C(F)F. The lowest BCUT2D eigenvalue weighted by Gasteiger charge is -2.16. The second-order valence-corrected chi connectivity index (χ2v) is 2.00. The van der Waals surface area contributed by atoms with E-state index in [-0.39, 0.29) is 5.71 Å². The summed E-state index contributed by atoms with van der Waals surface area (Å²) in [6.07, 6.45) is -1.05. The van der Waals surface area contributed by atoms with Gasteiger partial charge in [-0.1, -0.05) is 12.7 Å². The summed E-state index contributed by atoms with van der Waals surface area (Å²) in [6, 6.07) is 0.